The Balaban J connectivity index is 1.88. The summed E-state index contributed by atoms with van der Waals surface area (Å²) >= 11 is 0. The molecule has 2 aromatic rings. The molecule has 0 aliphatic carbocycles. The van der Waals surface area contributed by atoms with E-state index in [0.717, 1.165) is 0 Å². The molecule has 3 N–H and O–H groups in total. The van der Waals surface area contributed by atoms with Crippen LogP contribution in [0, 0.1) is 0 Å². The summed E-state index contributed by atoms with van der Waals surface area (Å²) in [5.41, 5.74) is 0.406. The largest absolute Gasteiger partial charge is 0.497 e. The van der Waals surface area contributed by atoms with Gasteiger partial charge in [-0.2, -0.15) is 0 Å². The fraction of sp³-hybridized carbons (Fsp3) is 0.278. The topological polar surface area (TPSA) is 131 Å². The number of nitrogens with one attached hydrogen (secondary N) is 3. The fourth-order valence-corrected chi connectivity index (χ4v) is 4.42. The lowest BCUT2D eigenvalue weighted by Crippen LogP contribution is -2.27. The van der Waals surface area contributed by atoms with Crippen molar-refractivity contribution in [3.63, 3.8) is 0 Å². The fourth-order valence-electron chi connectivity index (χ4n) is 2.35. The lowest BCUT2D eigenvalue weighted by Gasteiger charge is -2.09. The molecule has 9 nitrogen and oxygen atoms in total. The molecule has 2 aromatic carbocycles. The molecule has 1 amide bonds. The van der Waals surface area contributed by atoms with Gasteiger partial charge in [-0.15, -0.1) is 0 Å². The number of rotatable bonds is 10. The summed E-state index contributed by atoms with van der Waals surface area (Å²) in [5, 5.41) is 2.59. The molecule has 0 atom stereocenters. The van der Waals surface area contributed by atoms with Crippen LogP contribution >= 0.6 is 0 Å². The first-order chi connectivity index (χ1) is 13.7. The molecule has 0 saturated carbocycles. The number of hydrogen-bond donors (Lipinski definition) is 3. The minimum Gasteiger partial charge on any atom is -0.497 e. The van der Waals surface area contributed by atoms with Gasteiger partial charge >= 0.3 is 0 Å². The summed E-state index contributed by atoms with van der Waals surface area (Å²) in [4.78, 5) is 12.2. The number of carbonyl (C=O) groups is 1. The Morgan fingerprint density at radius 3 is 1.90 bits per heavy atom. The van der Waals surface area contributed by atoms with E-state index < -0.39 is 26.0 Å². The maximum atomic E-state index is 12.2. The van der Waals surface area contributed by atoms with E-state index in [9.17, 15) is 21.6 Å². The lowest BCUT2D eigenvalue weighted by molar-refractivity contribution is -0.116. The van der Waals surface area contributed by atoms with Crippen molar-refractivity contribution in [1.82, 2.24) is 9.44 Å². The summed E-state index contributed by atoms with van der Waals surface area (Å²) in [6.45, 7) is 1.86. The highest BCUT2D eigenvalue weighted by Crippen LogP contribution is 2.16. The molecule has 0 spiro atoms. The van der Waals surface area contributed by atoms with Crippen molar-refractivity contribution in [2.75, 3.05) is 25.5 Å². The SMILES string of the molecule is CCNS(=O)(=O)c1ccc(NC(=O)CCNS(=O)(=O)c2ccc(OC)cc2)cc1. The molecule has 0 aliphatic rings. The molecule has 0 fully saturated rings. The van der Waals surface area contributed by atoms with Crippen LogP contribution in [0.25, 0.3) is 0 Å². The molecule has 11 heteroatoms. The van der Waals surface area contributed by atoms with Crippen LogP contribution in [-0.4, -0.2) is 42.9 Å². The van der Waals surface area contributed by atoms with Crippen LogP contribution in [0.15, 0.2) is 58.3 Å². The summed E-state index contributed by atoms with van der Waals surface area (Å²) in [5.74, 6) is 0.123. The van der Waals surface area contributed by atoms with Crippen molar-refractivity contribution in [2.24, 2.45) is 0 Å². The molecule has 0 aromatic heterocycles. The van der Waals surface area contributed by atoms with E-state index in [1.54, 1.807) is 6.92 Å². The molecule has 2 rings (SSSR count). The third-order valence-corrected chi connectivity index (χ3v) is 6.84. The average molecular weight is 442 g/mol. The number of methoxy groups -OCH3 is 1. The van der Waals surface area contributed by atoms with Crippen LogP contribution in [0.3, 0.4) is 0 Å². The summed E-state index contributed by atoms with van der Waals surface area (Å²) < 4.78 is 57.9. The van der Waals surface area contributed by atoms with E-state index in [2.05, 4.69) is 14.8 Å². The minimum atomic E-state index is -3.74. The van der Waals surface area contributed by atoms with Gasteiger partial charge in [0.15, 0.2) is 0 Å². The number of anilines is 1. The van der Waals surface area contributed by atoms with Crippen molar-refractivity contribution >= 4 is 31.6 Å². The van der Waals surface area contributed by atoms with Gasteiger partial charge in [0.2, 0.25) is 26.0 Å². The molecular weight excluding hydrogens is 418 g/mol. The molecule has 0 radical (unpaired) electrons. The van der Waals surface area contributed by atoms with Crippen LogP contribution < -0.4 is 19.5 Å². The average Bonchev–Trinajstić information content (AvgIpc) is 2.68. The second-order valence-electron chi connectivity index (χ2n) is 5.90. The van der Waals surface area contributed by atoms with Crippen molar-refractivity contribution in [3.8, 4) is 5.75 Å². The van der Waals surface area contributed by atoms with Crippen molar-refractivity contribution in [1.29, 1.82) is 0 Å². The summed E-state index contributed by atoms with van der Waals surface area (Å²) in [7, 11) is -5.82. The van der Waals surface area contributed by atoms with E-state index in [1.165, 1.54) is 55.6 Å². The first kappa shape index (κ1) is 22.8. The first-order valence-electron chi connectivity index (χ1n) is 8.71. The van der Waals surface area contributed by atoms with E-state index in [4.69, 9.17) is 4.74 Å². The van der Waals surface area contributed by atoms with Gasteiger partial charge in [-0.3, -0.25) is 4.79 Å². The summed E-state index contributed by atoms with van der Waals surface area (Å²) in [6.07, 6.45) is -0.0905. The zero-order valence-electron chi connectivity index (χ0n) is 16.0. The van der Waals surface area contributed by atoms with E-state index in [0.29, 0.717) is 11.4 Å². The van der Waals surface area contributed by atoms with Crippen LogP contribution in [0.4, 0.5) is 5.69 Å². The van der Waals surface area contributed by atoms with E-state index in [-0.39, 0.29) is 29.3 Å². The van der Waals surface area contributed by atoms with E-state index >= 15 is 0 Å². The van der Waals surface area contributed by atoms with Gasteiger partial charge in [0.05, 0.1) is 16.9 Å². The van der Waals surface area contributed by atoms with Crippen LogP contribution in [0.5, 0.6) is 5.75 Å². The number of carbonyl (C=O) groups excluding carboxylic acids is 1. The van der Waals surface area contributed by atoms with Gasteiger partial charge in [-0.1, -0.05) is 6.92 Å². The Hall–Kier alpha value is -2.47. The molecule has 158 valence electrons. The second-order valence-corrected chi connectivity index (χ2v) is 9.43. The predicted molar refractivity (Wildman–Crippen MR) is 109 cm³/mol. The number of benzene rings is 2. The zero-order valence-corrected chi connectivity index (χ0v) is 17.6. The third-order valence-electron chi connectivity index (χ3n) is 3.80. The second kappa shape index (κ2) is 9.83. The molecule has 0 unspecified atom stereocenters. The monoisotopic (exact) mass is 441 g/mol. The Morgan fingerprint density at radius 1 is 0.862 bits per heavy atom. The maximum absolute atomic E-state index is 12.2. The number of amides is 1. The normalized spacial score (nSPS) is 11.8. The van der Waals surface area contributed by atoms with Crippen molar-refractivity contribution in [3.05, 3.63) is 48.5 Å². The molecular formula is C18H23N3O6S2. The lowest BCUT2D eigenvalue weighted by atomic mass is 10.3. The number of ether oxygens (including phenoxy) is 1. The van der Waals surface area contributed by atoms with Gasteiger partial charge in [0.25, 0.3) is 0 Å². The highest BCUT2D eigenvalue weighted by molar-refractivity contribution is 7.89. The zero-order chi connectivity index (χ0) is 21.5. The summed E-state index contributed by atoms with van der Waals surface area (Å²) in [6, 6.07) is 11.5. The van der Waals surface area contributed by atoms with E-state index in [1.807, 2.05) is 0 Å². The Bertz CT molecular complexity index is 1030. The number of sulfonamides is 2. The van der Waals surface area contributed by atoms with Crippen LogP contribution in [0.2, 0.25) is 0 Å². The predicted octanol–water partition coefficient (Wildman–Crippen LogP) is 1.30. The molecule has 0 heterocycles. The van der Waals surface area contributed by atoms with Gasteiger partial charge in [-0.05, 0) is 48.5 Å². The van der Waals surface area contributed by atoms with Gasteiger partial charge in [0, 0.05) is 25.2 Å². The van der Waals surface area contributed by atoms with Crippen molar-refractivity contribution < 1.29 is 26.4 Å². The molecule has 0 aliphatic heterocycles. The third kappa shape index (κ3) is 6.53. The molecule has 0 bridgehead atoms. The quantitative estimate of drug-likeness (QED) is 0.509. The standard InChI is InChI=1S/C18H23N3O6S2/c1-3-19-28(23,24)16-8-4-14(5-9-16)21-18(22)12-13-20-29(25,26)17-10-6-15(27-2)7-11-17/h4-11,19-20H,3,12-13H2,1-2H3,(H,21,22). The first-order valence-corrected chi connectivity index (χ1v) is 11.7. The Morgan fingerprint density at radius 2 is 1.38 bits per heavy atom. The van der Waals surface area contributed by atoms with Gasteiger partial charge in [-0.25, -0.2) is 26.3 Å². The minimum absolute atomic E-state index is 0.0659. The van der Waals surface area contributed by atoms with Crippen LogP contribution in [0.1, 0.15) is 13.3 Å². The Labute approximate surface area is 170 Å². The highest BCUT2D eigenvalue weighted by atomic mass is 32.2. The Kier molecular flexibility index (Phi) is 7.73. The molecule has 29 heavy (non-hydrogen) atoms. The van der Waals surface area contributed by atoms with Crippen molar-refractivity contribution in [2.45, 2.75) is 23.1 Å². The van der Waals surface area contributed by atoms with Gasteiger partial charge < -0.3 is 10.1 Å². The van der Waals surface area contributed by atoms with Crippen LogP contribution in [-0.2, 0) is 24.8 Å². The smallest absolute Gasteiger partial charge is 0.240 e. The maximum Gasteiger partial charge on any atom is 0.240 e. The highest BCUT2D eigenvalue weighted by Gasteiger charge is 2.15. The number of hydrogen-bond acceptors (Lipinski definition) is 6. The van der Waals surface area contributed by atoms with Gasteiger partial charge in [0.1, 0.15) is 5.75 Å². The molecule has 0 saturated heterocycles.